The molecule has 0 N–H and O–H groups in total. The van der Waals surface area contributed by atoms with Gasteiger partial charge >= 0.3 is 6.18 Å². The van der Waals surface area contributed by atoms with Crippen LogP contribution in [0.5, 0.6) is 0 Å². The van der Waals surface area contributed by atoms with Crippen molar-refractivity contribution in [3.8, 4) is 0 Å². The standard InChI is InChI=1S/C7H3BrF3S.5FH/c8-5-1-4(7(9,10)11)2-6(12)3-5;;;;;/h1-3H;5*1H. The number of hydrogen-bond donors (Lipinski definition) is 0. The van der Waals surface area contributed by atoms with Crippen LogP contribution >= 0.6 is 28.6 Å². The Balaban J connectivity index is -0.0000000960. The van der Waals surface area contributed by atoms with Gasteiger partial charge in [0.05, 0.1) is 5.56 Å². The van der Waals surface area contributed by atoms with E-state index in [9.17, 15) is 13.2 Å². The van der Waals surface area contributed by atoms with Crippen LogP contribution in [-0.4, -0.2) is 0 Å². The molecule has 0 saturated heterocycles. The van der Waals surface area contributed by atoms with Gasteiger partial charge in [-0.2, -0.15) is 13.2 Å². The van der Waals surface area contributed by atoms with E-state index in [1.54, 1.807) is 0 Å². The van der Waals surface area contributed by atoms with Crippen molar-refractivity contribution in [2.45, 2.75) is 11.1 Å². The smallest absolute Gasteiger partial charge is 0.269 e. The predicted molar refractivity (Wildman–Crippen MR) is 57.5 cm³/mol. The molecule has 0 saturated carbocycles. The Morgan fingerprint density at radius 1 is 0.882 bits per heavy atom. The zero-order valence-electron chi connectivity index (χ0n) is 7.69. The molecular weight excluding hydrogens is 348 g/mol. The number of benzene rings is 1. The van der Waals surface area contributed by atoms with Gasteiger partial charge in [0.25, 0.3) is 0 Å². The zero-order valence-corrected chi connectivity index (χ0v) is 10.1. The number of hydrogen-bond acceptors (Lipinski definition) is 0. The fraction of sp³-hybridized carbons (Fsp3) is 0.143. The van der Waals surface area contributed by atoms with Crippen molar-refractivity contribution in [1.29, 1.82) is 0 Å². The van der Waals surface area contributed by atoms with E-state index in [0.717, 1.165) is 12.1 Å². The highest BCUT2D eigenvalue weighted by atomic mass is 79.9. The van der Waals surface area contributed by atoms with Gasteiger partial charge in [-0.25, -0.2) is 0 Å². The summed E-state index contributed by atoms with van der Waals surface area (Å²) in [4.78, 5) is 0.178. The maximum Gasteiger partial charge on any atom is 0.416 e. The summed E-state index contributed by atoms with van der Waals surface area (Å²) in [6.45, 7) is 0. The van der Waals surface area contributed by atoms with Crippen molar-refractivity contribution in [2.75, 3.05) is 0 Å². The van der Waals surface area contributed by atoms with Gasteiger partial charge in [-0.05, 0) is 18.2 Å². The van der Waals surface area contributed by atoms with E-state index < -0.39 is 11.7 Å². The molecule has 1 radical (unpaired) electrons. The second kappa shape index (κ2) is 10.5. The molecule has 0 amide bonds. The first-order valence-corrected chi connectivity index (χ1v) is 4.14. The Morgan fingerprint density at radius 3 is 1.59 bits per heavy atom. The molecule has 0 aliphatic rings. The van der Waals surface area contributed by atoms with Crippen LogP contribution in [-0.2, 0) is 6.18 Å². The molecule has 1 aromatic carbocycles. The van der Waals surface area contributed by atoms with Crippen LogP contribution in [0.4, 0.5) is 36.7 Å². The Morgan fingerprint density at radius 2 is 1.29 bits per heavy atom. The SMILES string of the molecule is F.F.F.F.F.FC(F)(F)c1cc([S])cc(Br)c1. The Labute approximate surface area is 105 Å². The summed E-state index contributed by atoms with van der Waals surface area (Å²) >= 11 is 7.56. The van der Waals surface area contributed by atoms with Gasteiger partial charge in [-0.3, -0.25) is 23.5 Å². The first-order valence-electron chi connectivity index (χ1n) is 2.94. The van der Waals surface area contributed by atoms with Gasteiger partial charge in [0, 0.05) is 9.37 Å². The summed E-state index contributed by atoms with van der Waals surface area (Å²) in [6.07, 6.45) is -4.32. The third kappa shape index (κ3) is 9.10. The van der Waals surface area contributed by atoms with Crippen LogP contribution in [0.1, 0.15) is 5.56 Å². The monoisotopic (exact) mass is 355 g/mol. The van der Waals surface area contributed by atoms with Crippen molar-refractivity contribution in [3.63, 3.8) is 0 Å². The molecule has 1 rings (SSSR count). The molecule has 10 heteroatoms. The molecule has 0 unspecified atom stereocenters. The minimum Gasteiger partial charge on any atom is -0.269 e. The summed E-state index contributed by atoms with van der Waals surface area (Å²) in [5.41, 5.74) is -0.720. The highest BCUT2D eigenvalue weighted by molar-refractivity contribution is 9.10. The lowest BCUT2D eigenvalue weighted by atomic mass is 10.2. The van der Waals surface area contributed by atoms with E-state index in [1.807, 2.05) is 0 Å². The number of halogens is 9. The fourth-order valence-electron chi connectivity index (χ4n) is 0.726. The molecule has 0 aliphatic heterocycles. The molecule has 0 spiro atoms. The van der Waals surface area contributed by atoms with Gasteiger partial charge in [0.1, 0.15) is 0 Å². The average molecular weight is 356 g/mol. The maximum absolute atomic E-state index is 12.1. The summed E-state index contributed by atoms with van der Waals surface area (Å²) < 4.78 is 36.6. The summed E-state index contributed by atoms with van der Waals surface area (Å²) in [5, 5.41) is 0. The predicted octanol–water partition coefficient (Wildman–Crippen LogP) is 4.79. The third-order valence-corrected chi connectivity index (χ3v) is 1.89. The summed E-state index contributed by atoms with van der Waals surface area (Å²) in [6, 6.07) is 3.38. The Hall–Kier alpha value is -0.640. The molecule has 0 aromatic heterocycles. The van der Waals surface area contributed by atoms with E-state index in [0.29, 0.717) is 4.47 Å². The average Bonchev–Trinajstić information content (AvgIpc) is 1.82. The minimum atomic E-state index is -4.32. The molecule has 105 valence electrons. The van der Waals surface area contributed by atoms with Gasteiger partial charge in [-0.15, -0.1) is 0 Å². The van der Waals surface area contributed by atoms with Crippen LogP contribution in [0.2, 0.25) is 0 Å². The van der Waals surface area contributed by atoms with E-state index in [-0.39, 0.29) is 28.4 Å². The second-order valence-electron chi connectivity index (χ2n) is 2.17. The highest BCUT2D eigenvalue weighted by Gasteiger charge is 2.30. The van der Waals surface area contributed by atoms with E-state index in [2.05, 4.69) is 28.6 Å². The van der Waals surface area contributed by atoms with Crippen molar-refractivity contribution in [2.24, 2.45) is 0 Å². The van der Waals surface area contributed by atoms with Crippen LogP contribution in [0, 0.1) is 0 Å². The van der Waals surface area contributed by atoms with Crippen LogP contribution in [0.25, 0.3) is 0 Å². The van der Waals surface area contributed by atoms with Gasteiger partial charge in [0.15, 0.2) is 0 Å². The second-order valence-corrected chi connectivity index (χ2v) is 3.56. The first-order chi connectivity index (χ1) is 5.39. The maximum atomic E-state index is 12.1. The normalized spacial score (nSPS) is 8.24. The molecule has 0 fully saturated rings. The third-order valence-electron chi connectivity index (χ3n) is 1.20. The van der Waals surface area contributed by atoms with Crippen LogP contribution in [0.15, 0.2) is 27.6 Å². The van der Waals surface area contributed by atoms with E-state index in [1.165, 1.54) is 6.07 Å². The summed E-state index contributed by atoms with van der Waals surface area (Å²) in [5.74, 6) is 0. The largest absolute Gasteiger partial charge is 0.416 e. The number of rotatable bonds is 0. The van der Waals surface area contributed by atoms with Crippen LogP contribution in [0.3, 0.4) is 0 Å². The van der Waals surface area contributed by atoms with Crippen LogP contribution < -0.4 is 0 Å². The van der Waals surface area contributed by atoms with Crippen molar-refractivity contribution in [3.05, 3.63) is 28.2 Å². The molecule has 1 aromatic rings. The Kier molecular flexibility index (Phi) is 18.5. The number of alkyl halides is 3. The minimum absolute atomic E-state index is 0. The topological polar surface area (TPSA) is 0 Å². The lowest BCUT2D eigenvalue weighted by Gasteiger charge is -2.06. The van der Waals surface area contributed by atoms with Gasteiger partial charge in [-0.1, -0.05) is 28.6 Å². The van der Waals surface area contributed by atoms with Gasteiger partial charge < -0.3 is 0 Å². The lowest BCUT2D eigenvalue weighted by molar-refractivity contribution is -0.137. The zero-order chi connectivity index (χ0) is 9.35. The Bertz CT molecular complexity index is 282. The molecule has 0 heterocycles. The first kappa shape index (κ1) is 29.9. The van der Waals surface area contributed by atoms with E-state index in [4.69, 9.17) is 0 Å². The van der Waals surface area contributed by atoms with Crippen molar-refractivity contribution >= 4 is 28.6 Å². The lowest BCUT2D eigenvalue weighted by Crippen LogP contribution is -2.04. The van der Waals surface area contributed by atoms with Gasteiger partial charge in [0.2, 0.25) is 0 Å². The molecule has 0 aliphatic carbocycles. The summed E-state index contributed by atoms with van der Waals surface area (Å²) in [7, 11) is 0. The molecular formula is C7H8BrF8S. The quantitative estimate of drug-likeness (QED) is 0.587. The van der Waals surface area contributed by atoms with Crippen molar-refractivity contribution < 1.29 is 36.7 Å². The fourth-order valence-corrected chi connectivity index (χ4v) is 1.63. The molecule has 0 bridgehead atoms. The molecule has 0 nitrogen and oxygen atoms in total. The molecule has 0 atom stereocenters. The highest BCUT2D eigenvalue weighted by Crippen LogP contribution is 2.32. The van der Waals surface area contributed by atoms with E-state index >= 15 is 0 Å². The van der Waals surface area contributed by atoms with Crippen molar-refractivity contribution in [1.82, 2.24) is 0 Å². The molecule has 17 heavy (non-hydrogen) atoms.